The molecule has 0 bridgehead atoms. The summed E-state index contributed by atoms with van der Waals surface area (Å²) in [5.74, 6) is 0.276. The van der Waals surface area contributed by atoms with Crippen molar-refractivity contribution in [3.8, 4) is 17.2 Å². The summed E-state index contributed by atoms with van der Waals surface area (Å²) in [6.45, 7) is -0.379. The molecule has 34 heavy (non-hydrogen) atoms. The summed E-state index contributed by atoms with van der Waals surface area (Å²) in [5, 5.41) is 5.56. The molecular weight excluding hydrogens is 438 g/mol. The Morgan fingerprint density at radius 1 is 0.912 bits per heavy atom. The van der Waals surface area contributed by atoms with E-state index in [9.17, 15) is 14.4 Å². The molecule has 0 radical (unpaired) electrons. The van der Waals surface area contributed by atoms with Crippen LogP contribution in [0, 0.1) is 0 Å². The maximum absolute atomic E-state index is 12.8. The fourth-order valence-electron chi connectivity index (χ4n) is 3.46. The number of rotatable bonds is 7. The van der Waals surface area contributed by atoms with Gasteiger partial charge in [-0.1, -0.05) is 18.2 Å². The van der Waals surface area contributed by atoms with E-state index in [0.717, 1.165) is 0 Å². The third-order valence-corrected chi connectivity index (χ3v) is 5.13. The molecule has 1 aliphatic heterocycles. The number of fused-ring (bicyclic) bond motifs is 1. The summed E-state index contributed by atoms with van der Waals surface area (Å²) in [5.41, 5.74) is 1.78. The molecule has 0 atom stereocenters. The third-order valence-electron chi connectivity index (χ3n) is 5.13. The smallest absolute Gasteiger partial charge is 0.265 e. The van der Waals surface area contributed by atoms with Crippen LogP contribution in [0.25, 0.3) is 0 Å². The van der Waals surface area contributed by atoms with Crippen molar-refractivity contribution in [2.24, 2.45) is 0 Å². The fraction of sp³-hybridized carbons (Fsp3) is 0.160. The standard InChI is InChI=1S/C25H23N3O6/c1-32-19-10-16(11-20(13-19)33-2)25(31)27-18-8-9-22-21(12-18)28(24(30)15-34-22)14-23(29)26-17-6-4-3-5-7-17/h3-13H,14-15H2,1-2H3,(H,26,29)(H,27,31). The van der Waals surface area contributed by atoms with Gasteiger partial charge in [0, 0.05) is 23.0 Å². The van der Waals surface area contributed by atoms with E-state index in [0.29, 0.717) is 39.9 Å². The molecule has 4 rings (SSSR count). The molecule has 1 heterocycles. The first-order chi connectivity index (χ1) is 16.5. The molecule has 0 aromatic heterocycles. The molecule has 0 unspecified atom stereocenters. The van der Waals surface area contributed by atoms with Gasteiger partial charge in [-0.25, -0.2) is 0 Å². The number of anilines is 3. The summed E-state index contributed by atoms with van der Waals surface area (Å²) in [6, 6.07) is 18.7. The van der Waals surface area contributed by atoms with Gasteiger partial charge in [0.25, 0.3) is 11.8 Å². The van der Waals surface area contributed by atoms with Gasteiger partial charge in [-0.05, 0) is 42.5 Å². The average molecular weight is 461 g/mol. The minimum atomic E-state index is -0.395. The largest absolute Gasteiger partial charge is 0.497 e. The molecule has 0 spiro atoms. The van der Waals surface area contributed by atoms with Crippen molar-refractivity contribution in [2.45, 2.75) is 0 Å². The van der Waals surface area contributed by atoms with E-state index in [1.54, 1.807) is 60.7 Å². The van der Waals surface area contributed by atoms with Gasteiger partial charge in [0.1, 0.15) is 23.8 Å². The lowest BCUT2D eigenvalue weighted by Gasteiger charge is -2.29. The van der Waals surface area contributed by atoms with Crippen molar-refractivity contribution >= 4 is 34.8 Å². The van der Waals surface area contributed by atoms with Crippen LogP contribution in [-0.2, 0) is 9.59 Å². The fourth-order valence-corrected chi connectivity index (χ4v) is 3.46. The van der Waals surface area contributed by atoms with Crippen LogP contribution in [0.2, 0.25) is 0 Å². The lowest BCUT2D eigenvalue weighted by molar-refractivity contribution is -0.123. The molecule has 1 aliphatic rings. The van der Waals surface area contributed by atoms with Crippen LogP contribution in [0.15, 0.2) is 66.7 Å². The minimum absolute atomic E-state index is 0.180. The van der Waals surface area contributed by atoms with Crippen LogP contribution in [-0.4, -0.2) is 45.1 Å². The molecule has 174 valence electrons. The van der Waals surface area contributed by atoms with Crippen molar-refractivity contribution in [1.82, 2.24) is 0 Å². The highest BCUT2D eigenvalue weighted by Gasteiger charge is 2.28. The number of nitrogens with zero attached hydrogens (tertiary/aromatic N) is 1. The van der Waals surface area contributed by atoms with Crippen LogP contribution in [0.5, 0.6) is 17.2 Å². The average Bonchev–Trinajstić information content (AvgIpc) is 2.86. The van der Waals surface area contributed by atoms with Gasteiger partial charge < -0.3 is 24.8 Å². The second-order valence-electron chi connectivity index (χ2n) is 7.42. The van der Waals surface area contributed by atoms with Gasteiger partial charge in [-0.3, -0.25) is 19.3 Å². The van der Waals surface area contributed by atoms with Crippen molar-refractivity contribution in [3.05, 3.63) is 72.3 Å². The predicted molar refractivity (Wildman–Crippen MR) is 127 cm³/mol. The number of hydrogen-bond acceptors (Lipinski definition) is 6. The summed E-state index contributed by atoms with van der Waals surface area (Å²) < 4.78 is 15.9. The van der Waals surface area contributed by atoms with E-state index in [4.69, 9.17) is 14.2 Å². The van der Waals surface area contributed by atoms with Crippen molar-refractivity contribution < 1.29 is 28.6 Å². The normalized spacial score (nSPS) is 12.3. The summed E-state index contributed by atoms with van der Waals surface area (Å²) in [4.78, 5) is 39.3. The number of para-hydroxylation sites is 1. The van der Waals surface area contributed by atoms with E-state index in [1.807, 2.05) is 6.07 Å². The maximum atomic E-state index is 12.8. The third kappa shape index (κ3) is 5.09. The number of methoxy groups -OCH3 is 2. The van der Waals surface area contributed by atoms with Crippen molar-refractivity contribution in [1.29, 1.82) is 0 Å². The van der Waals surface area contributed by atoms with E-state index in [-0.39, 0.29) is 25.0 Å². The van der Waals surface area contributed by atoms with E-state index >= 15 is 0 Å². The Morgan fingerprint density at radius 3 is 2.29 bits per heavy atom. The maximum Gasteiger partial charge on any atom is 0.265 e. The molecule has 0 saturated heterocycles. The number of hydrogen-bond donors (Lipinski definition) is 2. The Morgan fingerprint density at radius 2 is 1.62 bits per heavy atom. The molecular formula is C25H23N3O6. The Labute approximate surface area is 196 Å². The lowest BCUT2D eigenvalue weighted by Crippen LogP contribution is -2.43. The molecule has 3 aromatic rings. The summed E-state index contributed by atoms with van der Waals surface area (Å²) >= 11 is 0. The van der Waals surface area contributed by atoms with Crippen LogP contribution in [0.4, 0.5) is 17.1 Å². The zero-order valence-corrected chi connectivity index (χ0v) is 18.7. The molecule has 2 N–H and O–H groups in total. The van der Waals surface area contributed by atoms with Gasteiger partial charge in [0.15, 0.2) is 6.61 Å². The SMILES string of the molecule is COc1cc(OC)cc(C(=O)Nc2ccc3c(c2)N(CC(=O)Nc2ccccc2)C(=O)CO3)c1. The number of ether oxygens (including phenoxy) is 3. The molecule has 0 aliphatic carbocycles. The number of carbonyl (C=O) groups excluding carboxylic acids is 3. The van der Waals surface area contributed by atoms with Crippen LogP contribution < -0.4 is 29.7 Å². The summed E-state index contributed by atoms with van der Waals surface area (Å²) in [6.07, 6.45) is 0. The molecule has 9 nitrogen and oxygen atoms in total. The van der Waals surface area contributed by atoms with Gasteiger partial charge in [0.2, 0.25) is 5.91 Å². The molecule has 3 aromatic carbocycles. The van der Waals surface area contributed by atoms with E-state index in [2.05, 4.69) is 10.6 Å². The molecule has 0 saturated carbocycles. The summed E-state index contributed by atoms with van der Waals surface area (Å²) in [7, 11) is 3.00. The quantitative estimate of drug-likeness (QED) is 0.559. The van der Waals surface area contributed by atoms with Gasteiger partial charge in [-0.15, -0.1) is 0 Å². The number of benzene rings is 3. The molecule has 0 fully saturated rings. The van der Waals surface area contributed by atoms with Gasteiger partial charge in [-0.2, -0.15) is 0 Å². The highest BCUT2D eigenvalue weighted by Crippen LogP contribution is 2.35. The van der Waals surface area contributed by atoms with Crippen LogP contribution in [0.1, 0.15) is 10.4 Å². The molecule has 3 amide bonds. The first-order valence-corrected chi connectivity index (χ1v) is 10.4. The minimum Gasteiger partial charge on any atom is -0.497 e. The number of amides is 3. The zero-order valence-electron chi connectivity index (χ0n) is 18.7. The van der Waals surface area contributed by atoms with Crippen LogP contribution >= 0.6 is 0 Å². The predicted octanol–water partition coefficient (Wildman–Crippen LogP) is 3.32. The van der Waals surface area contributed by atoms with E-state index < -0.39 is 5.91 Å². The Balaban J connectivity index is 1.54. The van der Waals surface area contributed by atoms with Crippen molar-refractivity contribution in [2.75, 3.05) is 42.9 Å². The monoisotopic (exact) mass is 461 g/mol. The second-order valence-corrected chi connectivity index (χ2v) is 7.42. The zero-order chi connectivity index (χ0) is 24.1. The second kappa shape index (κ2) is 9.95. The van der Waals surface area contributed by atoms with Gasteiger partial charge >= 0.3 is 0 Å². The Hall–Kier alpha value is -4.53. The highest BCUT2D eigenvalue weighted by molar-refractivity contribution is 6.07. The van der Waals surface area contributed by atoms with Crippen molar-refractivity contribution in [3.63, 3.8) is 0 Å². The number of carbonyl (C=O) groups is 3. The topological polar surface area (TPSA) is 106 Å². The van der Waals surface area contributed by atoms with Crippen LogP contribution in [0.3, 0.4) is 0 Å². The Bertz CT molecular complexity index is 1210. The number of nitrogens with one attached hydrogen (secondary N) is 2. The van der Waals surface area contributed by atoms with Gasteiger partial charge in [0.05, 0.1) is 19.9 Å². The first-order valence-electron chi connectivity index (χ1n) is 10.4. The highest BCUT2D eigenvalue weighted by atomic mass is 16.5. The lowest BCUT2D eigenvalue weighted by atomic mass is 10.1. The Kier molecular flexibility index (Phi) is 6.63. The molecule has 9 heteroatoms. The first kappa shape index (κ1) is 22.7. The van der Waals surface area contributed by atoms with E-state index in [1.165, 1.54) is 19.1 Å².